The van der Waals surface area contributed by atoms with Gasteiger partial charge >= 0.3 is 0 Å². The van der Waals surface area contributed by atoms with Crippen molar-refractivity contribution in [3.63, 3.8) is 0 Å². The minimum atomic E-state index is 0.533. The van der Waals surface area contributed by atoms with Crippen LogP contribution in [0.1, 0.15) is 23.4 Å². The Morgan fingerprint density at radius 1 is 0.926 bits per heavy atom. The third-order valence-corrected chi connectivity index (χ3v) is 5.39. The Morgan fingerprint density at radius 3 is 2.56 bits per heavy atom. The average molecular weight is 421 g/mol. The van der Waals surface area contributed by atoms with Crippen molar-refractivity contribution in [2.24, 2.45) is 0 Å². The first-order valence-corrected chi connectivity index (χ1v) is 9.76. The molecule has 0 radical (unpaired) electrons. The molecule has 134 valence electrons. The maximum absolute atomic E-state index is 4.87. The van der Waals surface area contributed by atoms with E-state index in [1.807, 2.05) is 42.5 Å². The highest BCUT2D eigenvalue weighted by molar-refractivity contribution is 9.10. The molecule has 0 bridgehead atoms. The van der Waals surface area contributed by atoms with Gasteiger partial charge in [-0.1, -0.05) is 34.1 Å². The number of rotatable bonds is 4. The SMILES string of the molecule is Brc1ccc(-c2nnn(Cc3nn(-c4ccccc4)c4c3CCC4)n2)cc1. The van der Waals surface area contributed by atoms with Gasteiger partial charge in [-0.25, -0.2) is 4.68 Å². The van der Waals surface area contributed by atoms with Gasteiger partial charge in [0.1, 0.15) is 6.54 Å². The minimum absolute atomic E-state index is 0.533. The molecule has 1 aliphatic carbocycles. The van der Waals surface area contributed by atoms with Crippen LogP contribution in [-0.2, 0) is 19.4 Å². The number of nitrogens with zero attached hydrogens (tertiary/aromatic N) is 6. The topological polar surface area (TPSA) is 61.4 Å². The van der Waals surface area contributed by atoms with Gasteiger partial charge in [0.25, 0.3) is 0 Å². The van der Waals surface area contributed by atoms with E-state index in [1.165, 1.54) is 17.7 Å². The van der Waals surface area contributed by atoms with Gasteiger partial charge < -0.3 is 0 Å². The summed E-state index contributed by atoms with van der Waals surface area (Å²) < 4.78 is 3.10. The minimum Gasteiger partial charge on any atom is -0.237 e. The molecular formula is C20H17BrN6. The van der Waals surface area contributed by atoms with Crippen molar-refractivity contribution in [1.29, 1.82) is 0 Å². The second-order valence-corrected chi connectivity index (χ2v) is 7.54. The molecule has 1 aliphatic rings. The van der Waals surface area contributed by atoms with Crippen LogP contribution in [0.2, 0.25) is 0 Å². The molecule has 27 heavy (non-hydrogen) atoms. The molecule has 0 atom stereocenters. The zero-order valence-electron chi connectivity index (χ0n) is 14.6. The quantitative estimate of drug-likeness (QED) is 0.503. The third-order valence-electron chi connectivity index (χ3n) is 4.86. The summed E-state index contributed by atoms with van der Waals surface area (Å²) >= 11 is 3.45. The lowest BCUT2D eigenvalue weighted by molar-refractivity contribution is 0.557. The van der Waals surface area contributed by atoms with Gasteiger partial charge in [0.2, 0.25) is 5.82 Å². The second kappa shape index (κ2) is 6.74. The van der Waals surface area contributed by atoms with Crippen LogP contribution in [0, 0.1) is 0 Å². The van der Waals surface area contributed by atoms with E-state index in [9.17, 15) is 0 Å². The fourth-order valence-corrected chi connectivity index (χ4v) is 3.85. The molecule has 0 N–H and O–H groups in total. The largest absolute Gasteiger partial charge is 0.237 e. The summed E-state index contributed by atoms with van der Waals surface area (Å²) in [6.07, 6.45) is 3.29. The smallest absolute Gasteiger partial charge is 0.204 e. The monoisotopic (exact) mass is 420 g/mol. The Bertz CT molecular complexity index is 1080. The molecule has 2 aromatic heterocycles. The predicted octanol–water partition coefficient (Wildman–Crippen LogP) is 3.83. The second-order valence-electron chi connectivity index (χ2n) is 6.62. The summed E-state index contributed by atoms with van der Waals surface area (Å²) in [5, 5.41) is 17.9. The highest BCUT2D eigenvalue weighted by Gasteiger charge is 2.23. The van der Waals surface area contributed by atoms with Gasteiger partial charge in [-0.05, 0) is 66.4 Å². The first kappa shape index (κ1) is 16.4. The molecule has 0 saturated carbocycles. The Kier molecular flexibility index (Phi) is 4.09. The molecule has 2 aromatic carbocycles. The summed E-state index contributed by atoms with van der Waals surface area (Å²) in [6.45, 7) is 0.533. The number of halogens is 1. The van der Waals surface area contributed by atoms with Gasteiger partial charge in [0.05, 0.1) is 11.4 Å². The number of hydrogen-bond acceptors (Lipinski definition) is 4. The molecule has 4 aromatic rings. The summed E-state index contributed by atoms with van der Waals surface area (Å²) in [5.74, 6) is 0.627. The van der Waals surface area contributed by atoms with E-state index in [0.717, 1.165) is 34.3 Å². The zero-order chi connectivity index (χ0) is 18.2. The fourth-order valence-electron chi connectivity index (χ4n) is 3.58. The van der Waals surface area contributed by atoms with Crippen LogP contribution in [-0.4, -0.2) is 30.0 Å². The maximum atomic E-state index is 4.87. The normalized spacial score (nSPS) is 13.1. The van der Waals surface area contributed by atoms with Gasteiger partial charge in [-0.3, -0.25) is 0 Å². The Hall–Kier alpha value is -2.80. The molecule has 0 aliphatic heterocycles. The van der Waals surface area contributed by atoms with E-state index in [0.29, 0.717) is 12.4 Å². The van der Waals surface area contributed by atoms with Crippen molar-refractivity contribution >= 4 is 15.9 Å². The van der Waals surface area contributed by atoms with Crippen LogP contribution in [0.5, 0.6) is 0 Å². The highest BCUT2D eigenvalue weighted by atomic mass is 79.9. The van der Waals surface area contributed by atoms with Crippen molar-refractivity contribution in [3.8, 4) is 17.1 Å². The van der Waals surface area contributed by atoms with Crippen molar-refractivity contribution in [3.05, 3.63) is 76.0 Å². The van der Waals surface area contributed by atoms with Crippen LogP contribution in [0.3, 0.4) is 0 Å². The molecule has 0 saturated heterocycles. The Labute approximate surface area is 165 Å². The summed E-state index contributed by atoms with van der Waals surface area (Å²) in [7, 11) is 0. The first-order valence-electron chi connectivity index (χ1n) is 8.97. The molecule has 0 fully saturated rings. The van der Waals surface area contributed by atoms with E-state index < -0.39 is 0 Å². The molecule has 0 unspecified atom stereocenters. The fraction of sp³-hybridized carbons (Fsp3) is 0.200. The summed E-state index contributed by atoms with van der Waals surface area (Å²) in [6, 6.07) is 18.2. The lowest BCUT2D eigenvalue weighted by atomic mass is 10.2. The van der Waals surface area contributed by atoms with Crippen LogP contribution >= 0.6 is 15.9 Å². The van der Waals surface area contributed by atoms with E-state index >= 15 is 0 Å². The van der Waals surface area contributed by atoms with Crippen LogP contribution < -0.4 is 0 Å². The Morgan fingerprint density at radius 2 is 1.74 bits per heavy atom. The van der Waals surface area contributed by atoms with E-state index in [1.54, 1.807) is 4.80 Å². The van der Waals surface area contributed by atoms with Crippen molar-refractivity contribution < 1.29 is 0 Å². The van der Waals surface area contributed by atoms with Crippen molar-refractivity contribution in [2.45, 2.75) is 25.8 Å². The van der Waals surface area contributed by atoms with Crippen molar-refractivity contribution in [1.82, 2.24) is 30.0 Å². The van der Waals surface area contributed by atoms with Crippen molar-refractivity contribution in [2.75, 3.05) is 0 Å². The lowest BCUT2D eigenvalue weighted by Crippen LogP contribution is -2.07. The number of hydrogen-bond donors (Lipinski definition) is 0. The Balaban J connectivity index is 1.46. The molecule has 0 amide bonds. The summed E-state index contributed by atoms with van der Waals surface area (Å²) in [5.41, 5.74) is 5.73. The van der Waals surface area contributed by atoms with Gasteiger partial charge in [0, 0.05) is 15.7 Å². The summed E-state index contributed by atoms with van der Waals surface area (Å²) in [4.78, 5) is 1.63. The van der Waals surface area contributed by atoms with E-state index in [2.05, 4.69) is 48.2 Å². The van der Waals surface area contributed by atoms with Gasteiger partial charge in [-0.15, -0.1) is 10.2 Å². The molecule has 2 heterocycles. The molecule has 0 spiro atoms. The number of tetrazole rings is 1. The number of aromatic nitrogens is 6. The lowest BCUT2D eigenvalue weighted by Gasteiger charge is -2.04. The van der Waals surface area contributed by atoms with Gasteiger partial charge in [-0.2, -0.15) is 9.90 Å². The van der Waals surface area contributed by atoms with Gasteiger partial charge in [0.15, 0.2) is 0 Å². The van der Waals surface area contributed by atoms with E-state index in [4.69, 9.17) is 5.10 Å². The maximum Gasteiger partial charge on any atom is 0.204 e. The standard InChI is InChI=1S/C20H17BrN6/c21-15-11-9-14(10-12-15)20-22-25-26(24-20)13-18-17-7-4-8-19(17)27(23-18)16-5-2-1-3-6-16/h1-3,5-6,9-12H,4,7-8,13H2. The molecular weight excluding hydrogens is 404 g/mol. The van der Waals surface area contributed by atoms with Crippen LogP contribution in [0.25, 0.3) is 17.1 Å². The average Bonchev–Trinajstić information content (AvgIpc) is 3.41. The van der Waals surface area contributed by atoms with Crippen LogP contribution in [0.15, 0.2) is 59.1 Å². The number of para-hydroxylation sites is 1. The highest BCUT2D eigenvalue weighted by Crippen LogP contribution is 2.28. The first-order chi connectivity index (χ1) is 13.3. The predicted molar refractivity (Wildman–Crippen MR) is 106 cm³/mol. The van der Waals surface area contributed by atoms with E-state index in [-0.39, 0.29) is 0 Å². The number of benzene rings is 2. The molecule has 6 nitrogen and oxygen atoms in total. The molecule has 5 rings (SSSR count). The third kappa shape index (κ3) is 3.08. The zero-order valence-corrected chi connectivity index (χ0v) is 16.2. The number of fused-ring (bicyclic) bond motifs is 1. The molecule has 7 heteroatoms. The van der Waals surface area contributed by atoms with Crippen LogP contribution in [0.4, 0.5) is 0 Å².